The molecule has 1 amide bonds. The van der Waals surface area contributed by atoms with E-state index >= 15 is 0 Å². The largest absolute Gasteiger partial charge is 0.444 e. The average Bonchev–Trinajstić information content (AvgIpc) is 3.17. The van der Waals surface area contributed by atoms with Crippen molar-refractivity contribution in [3.05, 3.63) is 11.6 Å². The number of carbonyl (C=O) groups excluding carboxylic acids is 1. The van der Waals surface area contributed by atoms with Crippen LogP contribution in [0.4, 0.5) is 4.79 Å². The van der Waals surface area contributed by atoms with E-state index in [4.69, 9.17) is 19.9 Å². The van der Waals surface area contributed by atoms with Crippen molar-refractivity contribution in [2.45, 2.75) is 69.5 Å². The van der Waals surface area contributed by atoms with Crippen LogP contribution in [0.25, 0.3) is 0 Å². The summed E-state index contributed by atoms with van der Waals surface area (Å²) in [4.78, 5) is 11.3. The lowest BCUT2D eigenvalue weighted by Gasteiger charge is -2.48. The van der Waals surface area contributed by atoms with Crippen molar-refractivity contribution in [1.82, 2.24) is 0 Å². The fourth-order valence-electron chi connectivity index (χ4n) is 4.24. The van der Waals surface area contributed by atoms with Gasteiger partial charge in [-0.2, -0.15) is 11.8 Å². The SMILES string of the molecule is COC1C(OC(N)=O)CCC(O)(CSC)C1C1(C)OC1CC=C(C)C. The van der Waals surface area contributed by atoms with Gasteiger partial charge in [0.15, 0.2) is 0 Å². The number of epoxide rings is 1. The fraction of sp³-hybridized carbons (Fsp3) is 0.833. The molecule has 2 rings (SSSR count). The minimum absolute atomic E-state index is 0.0192. The predicted molar refractivity (Wildman–Crippen MR) is 98.6 cm³/mol. The first-order chi connectivity index (χ1) is 11.7. The minimum Gasteiger partial charge on any atom is -0.444 e. The quantitative estimate of drug-likeness (QED) is 0.526. The highest BCUT2D eigenvalue weighted by Gasteiger charge is 2.67. The van der Waals surface area contributed by atoms with Gasteiger partial charge in [0.2, 0.25) is 0 Å². The summed E-state index contributed by atoms with van der Waals surface area (Å²) in [5, 5.41) is 11.4. The molecular weight excluding hydrogens is 342 g/mol. The number of aliphatic hydroxyl groups is 1. The molecule has 1 aliphatic carbocycles. The molecule has 3 N–H and O–H groups in total. The molecule has 1 saturated heterocycles. The van der Waals surface area contributed by atoms with Crippen molar-refractivity contribution in [2.24, 2.45) is 11.7 Å². The lowest BCUT2D eigenvalue weighted by Crippen LogP contribution is -2.61. The van der Waals surface area contributed by atoms with E-state index in [-0.39, 0.29) is 12.0 Å². The second-order valence-corrected chi connectivity index (χ2v) is 8.40. The maximum atomic E-state index is 11.4. The van der Waals surface area contributed by atoms with Gasteiger partial charge < -0.3 is 25.1 Å². The van der Waals surface area contributed by atoms with Crippen molar-refractivity contribution in [1.29, 1.82) is 0 Å². The van der Waals surface area contributed by atoms with E-state index in [1.807, 2.05) is 13.2 Å². The number of primary amides is 1. The van der Waals surface area contributed by atoms with Crippen LogP contribution in [0.2, 0.25) is 0 Å². The topological polar surface area (TPSA) is 94.3 Å². The van der Waals surface area contributed by atoms with Gasteiger partial charge in [-0.3, -0.25) is 0 Å². The number of thioether (sulfide) groups is 1. The molecule has 2 aliphatic rings. The standard InChI is InChI=1S/C18H31NO5S/c1-11(2)6-7-13-17(3,24-13)15-14(22-4)12(23-16(19)20)8-9-18(15,21)10-25-5/h6,12-15,21H,7-10H2,1-5H3,(H2,19,20). The molecule has 0 aromatic carbocycles. The normalized spacial score (nSPS) is 40.4. The van der Waals surface area contributed by atoms with Crippen LogP contribution in [0.3, 0.4) is 0 Å². The summed E-state index contributed by atoms with van der Waals surface area (Å²) in [5.74, 6) is 0.279. The van der Waals surface area contributed by atoms with Crippen LogP contribution >= 0.6 is 11.8 Å². The highest BCUT2D eigenvalue weighted by Crippen LogP contribution is 2.55. The Labute approximate surface area is 154 Å². The Kier molecular flexibility index (Phi) is 6.46. The van der Waals surface area contributed by atoms with Crippen LogP contribution in [-0.4, -0.2) is 59.8 Å². The Balaban J connectivity index is 2.29. The molecule has 0 aromatic rings. The number of rotatable bonds is 7. The number of ether oxygens (including phenoxy) is 3. The van der Waals surface area contributed by atoms with Crippen LogP contribution in [0.15, 0.2) is 11.6 Å². The van der Waals surface area contributed by atoms with Crippen molar-refractivity contribution >= 4 is 17.9 Å². The zero-order chi connectivity index (χ0) is 18.8. The molecule has 6 atom stereocenters. The minimum atomic E-state index is -0.938. The molecule has 0 radical (unpaired) electrons. The lowest BCUT2D eigenvalue weighted by atomic mass is 9.66. The molecule has 0 aromatic heterocycles. The summed E-state index contributed by atoms with van der Waals surface area (Å²) >= 11 is 1.60. The number of allylic oxidation sites excluding steroid dienone is 1. The number of amides is 1. The van der Waals surface area contributed by atoms with Crippen molar-refractivity contribution in [3.8, 4) is 0 Å². The number of nitrogens with two attached hydrogens (primary N) is 1. The second-order valence-electron chi connectivity index (χ2n) is 7.54. The third kappa shape index (κ3) is 4.32. The van der Waals surface area contributed by atoms with Gasteiger partial charge in [0.05, 0.1) is 11.7 Å². The summed E-state index contributed by atoms with van der Waals surface area (Å²) < 4.78 is 17.0. The van der Waals surface area contributed by atoms with Crippen LogP contribution < -0.4 is 5.73 Å². The number of carbonyl (C=O) groups is 1. The summed E-state index contributed by atoms with van der Waals surface area (Å²) in [6.45, 7) is 6.13. The highest BCUT2D eigenvalue weighted by molar-refractivity contribution is 7.98. The Bertz CT molecular complexity index is 524. The predicted octanol–water partition coefficient (Wildman–Crippen LogP) is 2.48. The van der Waals surface area contributed by atoms with E-state index in [0.29, 0.717) is 18.6 Å². The van der Waals surface area contributed by atoms with E-state index in [1.54, 1.807) is 18.9 Å². The third-order valence-electron chi connectivity index (χ3n) is 5.41. The van der Waals surface area contributed by atoms with Gasteiger partial charge in [-0.15, -0.1) is 0 Å². The monoisotopic (exact) mass is 373 g/mol. The van der Waals surface area contributed by atoms with E-state index < -0.39 is 29.5 Å². The first-order valence-electron chi connectivity index (χ1n) is 8.69. The number of hydrogen-bond acceptors (Lipinski definition) is 6. The van der Waals surface area contributed by atoms with Crippen LogP contribution in [0.5, 0.6) is 0 Å². The number of hydrogen-bond donors (Lipinski definition) is 2. The Hall–Kier alpha value is -0.760. The van der Waals surface area contributed by atoms with Crippen LogP contribution in [0.1, 0.15) is 40.0 Å². The lowest BCUT2D eigenvalue weighted by molar-refractivity contribution is -0.169. The molecule has 1 saturated carbocycles. The van der Waals surface area contributed by atoms with Crippen molar-refractivity contribution in [3.63, 3.8) is 0 Å². The Morgan fingerprint density at radius 2 is 2.16 bits per heavy atom. The molecule has 1 aliphatic heterocycles. The van der Waals surface area contributed by atoms with Gasteiger partial charge in [-0.25, -0.2) is 4.79 Å². The maximum Gasteiger partial charge on any atom is 0.404 e. The molecule has 6 nitrogen and oxygen atoms in total. The summed E-state index contributed by atoms with van der Waals surface area (Å²) in [6, 6.07) is 0. The van der Waals surface area contributed by atoms with Crippen molar-refractivity contribution in [2.75, 3.05) is 19.1 Å². The maximum absolute atomic E-state index is 11.4. The van der Waals surface area contributed by atoms with Gasteiger partial charge in [-0.1, -0.05) is 11.6 Å². The van der Waals surface area contributed by atoms with Gasteiger partial charge in [0.1, 0.15) is 17.8 Å². The molecule has 6 unspecified atom stereocenters. The van der Waals surface area contributed by atoms with E-state index in [2.05, 4.69) is 19.9 Å². The molecule has 7 heteroatoms. The molecule has 0 bridgehead atoms. The molecule has 2 fully saturated rings. The van der Waals surface area contributed by atoms with Gasteiger partial charge in [0.25, 0.3) is 0 Å². The summed E-state index contributed by atoms with van der Waals surface area (Å²) in [5.41, 5.74) is 5.00. The van der Waals surface area contributed by atoms with Crippen LogP contribution in [-0.2, 0) is 14.2 Å². The molecule has 144 valence electrons. The van der Waals surface area contributed by atoms with Gasteiger partial charge in [-0.05, 0) is 46.3 Å². The highest BCUT2D eigenvalue weighted by atomic mass is 32.2. The molecular formula is C18H31NO5S. The smallest absolute Gasteiger partial charge is 0.404 e. The van der Waals surface area contributed by atoms with Gasteiger partial charge >= 0.3 is 6.09 Å². The first-order valence-corrected chi connectivity index (χ1v) is 10.1. The third-order valence-corrected chi connectivity index (χ3v) is 6.19. The van der Waals surface area contributed by atoms with E-state index in [9.17, 15) is 9.90 Å². The fourth-order valence-corrected chi connectivity index (χ4v) is 5.06. The first kappa shape index (κ1) is 20.6. The molecule has 25 heavy (non-hydrogen) atoms. The van der Waals surface area contributed by atoms with Gasteiger partial charge in [0, 0.05) is 18.8 Å². The second kappa shape index (κ2) is 7.86. The zero-order valence-electron chi connectivity index (χ0n) is 15.8. The molecule has 0 spiro atoms. The summed E-state index contributed by atoms with van der Waals surface area (Å²) in [7, 11) is 1.58. The van der Waals surface area contributed by atoms with Crippen LogP contribution in [0, 0.1) is 5.92 Å². The Morgan fingerprint density at radius 3 is 2.68 bits per heavy atom. The zero-order valence-corrected chi connectivity index (χ0v) is 16.6. The number of methoxy groups -OCH3 is 1. The summed E-state index contributed by atoms with van der Waals surface area (Å²) in [6.07, 6.45) is 4.22. The van der Waals surface area contributed by atoms with E-state index in [0.717, 1.165) is 6.42 Å². The average molecular weight is 374 g/mol. The molecule has 1 heterocycles. The van der Waals surface area contributed by atoms with Crippen molar-refractivity contribution < 1.29 is 24.1 Å². The van der Waals surface area contributed by atoms with E-state index in [1.165, 1.54) is 5.57 Å². The Morgan fingerprint density at radius 1 is 1.48 bits per heavy atom.